The molecule has 0 radical (unpaired) electrons. The van der Waals surface area contributed by atoms with Gasteiger partial charge in [-0.05, 0) is 35.2 Å². The molecule has 1 aromatic heterocycles. The second kappa shape index (κ2) is 4.56. The fourth-order valence-electron chi connectivity index (χ4n) is 3.58. The number of aryl methyl sites for hydroxylation is 2. The average molecular weight is 272 g/mol. The summed E-state index contributed by atoms with van der Waals surface area (Å²) in [5.74, 6) is 0.337. The normalized spacial score (nSPS) is 15.6. The number of aromatic nitrogens is 1. The van der Waals surface area contributed by atoms with E-state index in [2.05, 4.69) is 85.4 Å². The molecule has 102 valence electrons. The standard InChI is InChI=1S/C20H18N/c1-14-8-3-4-9-15(14)19-17-11-6-5-10-16(17)18-12-7-13-21(2)20(18)19/h3-13,19H,1-2H3/q+1. The van der Waals surface area contributed by atoms with Crippen molar-refractivity contribution in [2.75, 3.05) is 0 Å². The zero-order valence-electron chi connectivity index (χ0n) is 12.4. The largest absolute Gasteiger partial charge is 0.204 e. The third kappa shape index (κ3) is 1.74. The third-order valence-electron chi connectivity index (χ3n) is 4.56. The van der Waals surface area contributed by atoms with E-state index < -0.39 is 0 Å². The van der Waals surface area contributed by atoms with Crippen LogP contribution in [-0.2, 0) is 7.05 Å². The van der Waals surface area contributed by atoms with Crippen LogP contribution in [0.4, 0.5) is 0 Å². The van der Waals surface area contributed by atoms with Crippen molar-refractivity contribution in [3.05, 3.63) is 89.2 Å². The van der Waals surface area contributed by atoms with Crippen LogP contribution in [0.5, 0.6) is 0 Å². The summed E-state index contributed by atoms with van der Waals surface area (Å²) in [6, 6.07) is 21.9. The predicted molar refractivity (Wildman–Crippen MR) is 85.2 cm³/mol. The average Bonchev–Trinajstić information content (AvgIpc) is 2.84. The fourth-order valence-corrected chi connectivity index (χ4v) is 3.58. The van der Waals surface area contributed by atoms with Crippen molar-refractivity contribution in [3.63, 3.8) is 0 Å². The number of pyridine rings is 1. The van der Waals surface area contributed by atoms with Gasteiger partial charge >= 0.3 is 0 Å². The Labute approximate surface area is 125 Å². The highest BCUT2D eigenvalue weighted by molar-refractivity contribution is 5.78. The van der Waals surface area contributed by atoms with E-state index in [0.29, 0.717) is 5.92 Å². The summed E-state index contributed by atoms with van der Waals surface area (Å²) in [6.07, 6.45) is 2.15. The SMILES string of the molecule is Cc1ccccc1C1c2ccccc2-c2ccc[n+](C)c21. The van der Waals surface area contributed by atoms with Gasteiger partial charge in [0, 0.05) is 6.07 Å². The van der Waals surface area contributed by atoms with Gasteiger partial charge in [-0.1, -0.05) is 48.5 Å². The van der Waals surface area contributed by atoms with Crippen molar-refractivity contribution in [2.45, 2.75) is 12.8 Å². The molecule has 3 aromatic rings. The fraction of sp³-hybridized carbons (Fsp3) is 0.150. The smallest absolute Gasteiger partial charge is 0.201 e. The summed E-state index contributed by atoms with van der Waals surface area (Å²) >= 11 is 0. The maximum absolute atomic E-state index is 2.27. The van der Waals surface area contributed by atoms with Crippen molar-refractivity contribution in [2.24, 2.45) is 7.05 Å². The Morgan fingerprint density at radius 1 is 0.762 bits per heavy atom. The predicted octanol–water partition coefficient (Wildman–Crippen LogP) is 3.98. The van der Waals surface area contributed by atoms with Crippen LogP contribution in [0.2, 0.25) is 0 Å². The van der Waals surface area contributed by atoms with Gasteiger partial charge in [-0.2, -0.15) is 0 Å². The van der Waals surface area contributed by atoms with E-state index in [1.54, 1.807) is 0 Å². The first-order valence-electron chi connectivity index (χ1n) is 7.41. The Balaban J connectivity index is 2.07. The van der Waals surface area contributed by atoms with Gasteiger partial charge < -0.3 is 0 Å². The third-order valence-corrected chi connectivity index (χ3v) is 4.56. The van der Waals surface area contributed by atoms with Gasteiger partial charge in [0.2, 0.25) is 5.69 Å². The zero-order chi connectivity index (χ0) is 14.4. The molecule has 1 aliphatic rings. The molecule has 0 aliphatic heterocycles. The van der Waals surface area contributed by atoms with Crippen LogP contribution in [0, 0.1) is 6.92 Å². The second-order valence-electron chi connectivity index (χ2n) is 5.79. The van der Waals surface area contributed by atoms with Crippen LogP contribution in [0.15, 0.2) is 66.9 Å². The summed E-state index contributed by atoms with van der Waals surface area (Å²) in [5.41, 5.74) is 8.32. The van der Waals surface area contributed by atoms with Crippen LogP contribution >= 0.6 is 0 Å². The Bertz CT molecular complexity index is 833. The van der Waals surface area contributed by atoms with Gasteiger partial charge in [0.05, 0.1) is 11.5 Å². The lowest BCUT2D eigenvalue weighted by Crippen LogP contribution is -2.34. The van der Waals surface area contributed by atoms with Crippen LogP contribution in [0.1, 0.15) is 28.3 Å². The Morgan fingerprint density at radius 2 is 1.43 bits per heavy atom. The van der Waals surface area contributed by atoms with E-state index >= 15 is 0 Å². The Hall–Kier alpha value is -2.41. The molecule has 1 nitrogen and oxygen atoms in total. The summed E-state index contributed by atoms with van der Waals surface area (Å²) in [6.45, 7) is 2.21. The summed E-state index contributed by atoms with van der Waals surface area (Å²) < 4.78 is 2.27. The van der Waals surface area contributed by atoms with Gasteiger partial charge in [0.1, 0.15) is 7.05 Å². The topological polar surface area (TPSA) is 3.88 Å². The lowest BCUT2D eigenvalue weighted by atomic mass is 9.89. The molecule has 1 unspecified atom stereocenters. The zero-order valence-corrected chi connectivity index (χ0v) is 12.4. The van der Waals surface area contributed by atoms with Crippen LogP contribution in [-0.4, -0.2) is 0 Å². The van der Waals surface area contributed by atoms with Crippen molar-refractivity contribution < 1.29 is 4.57 Å². The highest BCUT2D eigenvalue weighted by atomic mass is 14.9. The minimum absolute atomic E-state index is 0.337. The molecule has 0 N–H and O–H groups in total. The molecule has 2 aromatic carbocycles. The Kier molecular flexibility index (Phi) is 2.68. The van der Waals surface area contributed by atoms with E-state index in [0.717, 1.165) is 0 Å². The van der Waals surface area contributed by atoms with Crippen LogP contribution in [0.3, 0.4) is 0 Å². The van der Waals surface area contributed by atoms with Gasteiger partial charge in [0.25, 0.3) is 0 Å². The molecule has 1 heterocycles. The van der Waals surface area contributed by atoms with Crippen LogP contribution in [0.25, 0.3) is 11.1 Å². The number of hydrogen-bond donors (Lipinski definition) is 0. The summed E-state index contributed by atoms with van der Waals surface area (Å²) in [4.78, 5) is 0. The van der Waals surface area contributed by atoms with Gasteiger partial charge in [-0.3, -0.25) is 0 Å². The lowest BCUT2D eigenvalue weighted by molar-refractivity contribution is -0.678. The molecular formula is C20H18N+. The molecule has 0 bridgehead atoms. The quantitative estimate of drug-likeness (QED) is 0.461. The molecular weight excluding hydrogens is 254 g/mol. The monoisotopic (exact) mass is 272 g/mol. The lowest BCUT2D eigenvalue weighted by Gasteiger charge is -2.14. The Morgan fingerprint density at radius 3 is 2.24 bits per heavy atom. The second-order valence-corrected chi connectivity index (χ2v) is 5.79. The van der Waals surface area contributed by atoms with Gasteiger partial charge in [-0.15, -0.1) is 0 Å². The van der Waals surface area contributed by atoms with E-state index in [9.17, 15) is 0 Å². The first kappa shape index (κ1) is 12.3. The number of benzene rings is 2. The molecule has 1 atom stereocenters. The molecule has 0 spiro atoms. The minimum atomic E-state index is 0.337. The number of rotatable bonds is 1. The van der Waals surface area contributed by atoms with Gasteiger partial charge in [0.15, 0.2) is 6.20 Å². The summed E-state index contributed by atoms with van der Waals surface area (Å²) in [7, 11) is 2.15. The maximum Gasteiger partial charge on any atom is 0.201 e. The molecule has 0 fully saturated rings. The number of hydrogen-bond acceptors (Lipinski definition) is 0. The van der Waals surface area contributed by atoms with Gasteiger partial charge in [-0.25, -0.2) is 4.57 Å². The van der Waals surface area contributed by atoms with E-state index in [1.165, 1.54) is 33.5 Å². The number of fused-ring (bicyclic) bond motifs is 3. The molecule has 0 saturated carbocycles. The van der Waals surface area contributed by atoms with E-state index in [4.69, 9.17) is 0 Å². The first-order chi connectivity index (χ1) is 10.3. The molecule has 0 amide bonds. The van der Waals surface area contributed by atoms with Crippen LogP contribution < -0.4 is 4.57 Å². The van der Waals surface area contributed by atoms with E-state index in [1.807, 2.05) is 0 Å². The van der Waals surface area contributed by atoms with E-state index in [-0.39, 0.29) is 0 Å². The highest BCUT2D eigenvalue weighted by Gasteiger charge is 2.36. The number of nitrogens with zero attached hydrogens (tertiary/aromatic N) is 1. The summed E-state index contributed by atoms with van der Waals surface area (Å²) in [5, 5.41) is 0. The van der Waals surface area contributed by atoms with Crippen molar-refractivity contribution in [3.8, 4) is 11.1 Å². The van der Waals surface area contributed by atoms with Crippen molar-refractivity contribution in [1.82, 2.24) is 0 Å². The first-order valence-corrected chi connectivity index (χ1v) is 7.41. The molecule has 4 rings (SSSR count). The molecule has 0 saturated heterocycles. The van der Waals surface area contributed by atoms with Crippen molar-refractivity contribution >= 4 is 0 Å². The molecule has 1 aliphatic carbocycles. The maximum atomic E-state index is 2.27. The minimum Gasteiger partial charge on any atom is -0.204 e. The highest BCUT2D eigenvalue weighted by Crippen LogP contribution is 2.46. The van der Waals surface area contributed by atoms with Crippen molar-refractivity contribution in [1.29, 1.82) is 0 Å². The molecule has 21 heavy (non-hydrogen) atoms. The molecule has 1 heteroatoms.